The van der Waals surface area contributed by atoms with E-state index in [-0.39, 0.29) is 17.7 Å². The fourth-order valence-corrected chi connectivity index (χ4v) is 2.34. The zero-order valence-electron chi connectivity index (χ0n) is 11.3. The fraction of sp³-hybridized carbons (Fsp3) is 0.500. The van der Waals surface area contributed by atoms with Gasteiger partial charge in [0.05, 0.1) is 5.69 Å². The average molecular weight is 284 g/mol. The first-order valence-corrected chi connectivity index (χ1v) is 6.64. The molecule has 0 bridgehead atoms. The molecule has 2 rings (SSSR count). The Labute approximate surface area is 116 Å². The van der Waals surface area contributed by atoms with Gasteiger partial charge in [-0.05, 0) is 37.9 Å². The highest BCUT2D eigenvalue weighted by Crippen LogP contribution is 2.29. The molecular formula is C14H18F2N2O2. The number of anilines is 1. The predicted octanol–water partition coefficient (Wildman–Crippen LogP) is 2.68. The van der Waals surface area contributed by atoms with Gasteiger partial charge in [0.15, 0.2) is 0 Å². The van der Waals surface area contributed by atoms with Gasteiger partial charge >= 0.3 is 6.61 Å². The molecule has 110 valence electrons. The number of carbonyl (C=O) groups excluding carboxylic acids is 1. The second kappa shape index (κ2) is 6.65. The van der Waals surface area contributed by atoms with Crippen LogP contribution < -0.4 is 15.4 Å². The third-order valence-electron chi connectivity index (χ3n) is 3.31. The molecule has 1 unspecified atom stereocenters. The Morgan fingerprint density at radius 2 is 2.35 bits per heavy atom. The minimum atomic E-state index is -2.91. The smallest absolute Gasteiger partial charge is 0.387 e. The molecule has 0 aliphatic carbocycles. The van der Waals surface area contributed by atoms with Gasteiger partial charge in [-0.1, -0.05) is 12.1 Å². The minimum Gasteiger partial charge on any atom is -0.433 e. The molecule has 2 N–H and O–H groups in total. The van der Waals surface area contributed by atoms with Gasteiger partial charge in [-0.2, -0.15) is 8.78 Å². The van der Waals surface area contributed by atoms with E-state index in [4.69, 9.17) is 0 Å². The van der Waals surface area contributed by atoms with Crippen molar-refractivity contribution in [2.45, 2.75) is 38.8 Å². The minimum absolute atomic E-state index is 0.00673. The number of hydrogen-bond donors (Lipinski definition) is 2. The van der Waals surface area contributed by atoms with Crippen molar-refractivity contribution in [2.24, 2.45) is 0 Å². The quantitative estimate of drug-likeness (QED) is 0.874. The van der Waals surface area contributed by atoms with Crippen LogP contribution in [-0.2, 0) is 4.79 Å². The van der Waals surface area contributed by atoms with Crippen molar-refractivity contribution >= 4 is 11.6 Å². The molecule has 1 aliphatic rings. The van der Waals surface area contributed by atoms with Gasteiger partial charge in [0, 0.05) is 12.5 Å². The molecule has 0 spiro atoms. The maximum absolute atomic E-state index is 12.4. The first-order valence-electron chi connectivity index (χ1n) is 6.64. The molecule has 0 saturated carbocycles. The molecule has 0 radical (unpaired) electrons. The average Bonchev–Trinajstić information content (AvgIpc) is 2.85. The lowest BCUT2D eigenvalue weighted by Crippen LogP contribution is -2.27. The second-order valence-electron chi connectivity index (χ2n) is 4.87. The number of halogens is 2. The van der Waals surface area contributed by atoms with E-state index in [1.807, 2.05) is 0 Å². The predicted molar refractivity (Wildman–Crippen MR) is 72.1 cm³/mol. The van der Waals surface area contributed by atoms with E-state index in [1.165, 1.54) is 6.07 Å². The maximum atomic E-state index is 12.4. The second-order valence-corrected chi connectivity index (χ2v) is 4.87. The largest absolute Gasteiger partial charge is 0.433 e. The number of para-hydroxylation sites is 1. The van der Waals surface area contributed by atoms with E-state index >= 15 is 0 Å². The van der Waals surface area contributed by atoms with Crippen LogP contribution in [0.3, 0.4) is 0 Å². The number of rotatable bonds is 5. The Morgan fingerprint density at radius 1 is 1.55 bits per heavy atom. The van der Waals surface area contributed by atoms with Crippen LogP contribution in [0.25, 0.3) is 0 Å². The van der Waals surface area contributed by atoms with Gasteiger partial charge in [0.2, 0.25) is 5.91 Å². The van der Waals surface area contributed by atoms with Gasteiger partial charge in [-0.25, -0.2) is 0 Å². The lowest BCUT2D eigenvalue weighted by Gasteiger charge is -2.15. The highest BCUT2D eigenvalue weighted by Gasteiger charge is 2.19. The van der Waals surface area contributed by atoms with E-state index in [1.54, 1.807) is 19.1 Å². The summed E-state index contributed by atoms with van der Waals surface area (Å²) in [5.41, 5.74) is 1.01. The number of carbonyl (C=O) groups is 1. The summed E-state index contributed by atoms with van der Waals surface area (Å²) in [6.07, 6.45) is 2.35. The lowest BCUT2D eigenvalue weighted by atomic mass is 10.1. The molecule has 1 aliphatic heterocycles. The van der Waals surface area contributed by atoms with E-state index in [0.717, 1.165) is 19.4 Å². The van der Waals surface area contributed by atoms with Crippen molar-refractivity contribution in [1.29, 1.82) is 0 Å². The van der Waals surface area contributed by atoms with Gasteiger partial charge < -0.3 is 15.4 Å². The van der Waals surface area contributed by atoms with E-state index in [0.29, 0.717) is 17.7 Å². The van der Waals surface area contributed by atoms with Crippen LogP contribution in [0.4, 0.5) is 14.5 Å². The first-order chi connectivity index (χ1) is 9.56. The van der Waals surface area contributed by atoms with Crippen LogP contribution >= 0.6 is 0 Å². The molecule has 1 fully saturated rings. The van der Waals surface area contributed by atoms with Crippen molar-refractivity contribution < 1.29 is 18.3 Å². The van der Waals surface area contributed by atoms with Crippen LogP contribution in [-0.4, -0.2) is 25.1 Å². The highest BCUT2D eigenvalue weighted by atomic mass is 19.3. The SMILES string of the molecule is Cc1cccc(OC(F)F)c1NC(=O)CC1CCCN1. The van der Waals surface area contributed by atoms with E-state index in [9.17, 15) is 13.6 Å². The molecule has 1 saturated heterocycles. The summed E-state index contributed by atoms with van der Waals surface area (Å²) in [5.74, 6) is -0.203. The molecule has 20 heavy (non-hydrogen) atoms. The maximum Gasteiger partial charge on any atom is 0.387 e. The zero-order valence-corrected chi connectivity index (χ0v) is 11.3. The molecule has 4 nitrogen and oxygen atoms in total. The number of amides is 1. The molecule has 0 aromatic heterocycles. The number of aryl methyl sites for hydroxylation is 1. The lowest BCUT2D eigenvalue weighted by molar-refractivity contribution is -0.116. The summed E-state index contributed by atoms with van der Waals surface area (Å²) in [4.78, 5) is 12.0. The Bertz CT molecular complexity index is 474. The molecule has 1 atom stereocenters. The Hall–Kier alpha value is -1.69. The van der Waals surface area contributed by atoms with Gasteiger partial charge in [0.1, 0.15) is 5.75 Å². The normalized spacial score (nSPS) is 18.3. The summed E-state index contributed by atoms with van der Waals surface area (Å²) >= 11 is 0. The third kappa shape index (κ3) is 3.90. The van der Waals surface area contributed by atoms with Crippen molar-refractivity contribution in [3.05, 3.63) is 23.8 Å². The van der Waals surface area contributed by atoms with Crippen LogP contribution in [0.15, 0.2) is 18.2 Å². The number of hydrogen-bond acceptors (Lipinski definition) is 3. The summed E-state index contributed by atoms with van der Waals surface area (Å²) in [5, 5.41) is 5.90. The zero-order chi connectivity index (χ0) is 14.5. The van der Waals surface area contributed by atoms with Crippen molar-refractivity contribution in [3.8, 4) is 5.75 Å². The number of benzene rings is 1. The summed E-state index contributed by atoms with van der Waals surface area (Å²) in [7, 11) is 0. The molecular weight excluding hydrogens is 266 g/mol. The molecule has 1 amide bonds. The molecule has 1 aromatic carbocycles. The highest BCUT2D eigenvalue weighted by molar-refractivity contribution is 5.93. The molecule has 6 heteroatoms. The van der Waals surface area contributed by atoms with Crippen LogP contribution in [0.5, 0.6) is 5.75 Å². The van der Waals surface area contributed by atoms with Crippen LogP contribution in [0, 0.1) is 6.92 Å². The number of alkyl halides is 2. The van der Waals surface area contributed by atoms with Gasteiger partial charge in [0.25, 0.3) is 0 Å². The summed E-state index contributed by atoms with van der Waals surface area (Å²) in [6, 6.07) is 4.93. The van der Waals surface area contributed by atoms with Crippen LogP contribution in [0.2, 0.25) is 0 Å². The summed E-state index contributed by atoms with van der Waals surface area (Å²) in [6.45, 7) is -0.256. The van der Waals surface area contributed by atoms with Crippen molar-refractivity contribution in [2.75, 3.05) is 11.9 Å². The van der Waals surface area contributed by atoms with E-state index < -0.39 is 6.61 Å². The number of nitrogens with one attached hydrogen (secondary N) is 2. The Morgan fingerprint density at radius 3 is 3.00 bits per heavy atom. The Kier molecular flexibility index (Phi) is 4.89. The fourth-order valence-electron chi connectivity index (χ4n) is 2.34. The third-order valence-corrected chi connectivity index (χ3v) is 3.31. The topological polar surface area (TPSA) is 50.4 Å². The number of ether oxygens (including phenoxy) is 1. The van der Waals surface area contributed by atoms with Gasteiger partial charge in [-0.15, -0.1) is 0 Å². The molecule has 1 aromatic rings. The molecule has 1 heterocycles. The van der Waals surface area contributed by atoms with E-state index in [2.05, 4.69) is 15.4 Å². The first kappa shape index (κ1) is 14.7. The Balaban J connectivity index is 2.05. The van der Waals surface area contributed by atoms with Crippen LogP contribution in [0.1, 0.15) is 24.8 Å². The summed E-state index contributed by atoms with van der Waals surface area (Å²) < 4.78 is 29.1. The monoisotopic (exact) mass is 284 g/mol. The standard InChI is InChI=1S/C14H18F2N2O2/c1-9-4-2-6-11(20-14(15)16)13(9)18-12(19)8-10-5-3-7-17-10/h2,4,6,10,14,17H,3,5,7-8H2,1H3,(H,18,19). The van der Waals surface area contributed by atoms with Crippen molar-refractivity contribution in [3.63, 3.8) is 0 Å². The van der Waals surface area contributed by atoms with Crippen molar-refractivity contribution in [1.82, 2.24) is 5.32 Å². The van der Waals surface area contributed by atoms with Gasteiger partial charge in [-0.3, -0.25) is 4.79 Å².